The van der Waals surface area contributed by atoms with Gasteiger partial charge in [0, 0.05) is 12.4 Å². The largest absolute Gasteiger partial charge is 0.493 e. The first-order valence-corrected chi connectivity index (χ1v) is 7.87. The first-order chi connectivity index (χ1) is 9.81. The lowest BCUT2D eigenvalue weighted by Crippen LogP contribution is -2.27. The minimum atomic E-state index is 0.639. The van der Waals surface area contributed by atoms with Gasteiger partial charge in [-0.1, -0.05) is 25.5 Å². The molecule has 0 aliphatic heterocycles. The number of methoxy groups -OCH3 is 1. The zero-order valence-electron chi connectivity index (χ0n) is 12.5. The van der Waals surface area contributed by atoms with E-state index in [9.17, 15) is 0 Å². The molecule has 1 aromatic rings. The molecule has 0 spiro atoms. The van der Waals surface area contributed by atoms with Gasteiger partial charge in [0.25, 0.3) is 0 Å². The molecule has 0 bridgehead atoms. The van der Waals surface area contributed by atoms with Crippen molar-refractivity contribution in [3.63, 3.8) is 0 Å². The lowest BCUT2D eigenvalue weighted by molar-refractivity contribution is 0.287. The molecule has 0 saturated heterocycles. The van der Waals surface area contributed by atoms with Crippen molar-refractivity contribution in [2.75, 3.05) is 32.7 Å². The Kier molecular flexibility index (Phi) is 9.25. The van der Waals surface area contributed by atoms with Crippen molar-refractivity contribution in [2.24, 2.45) is 5.92 Å². The highest BCUT2D eigenvalue weighted by molar-refractivity contribution is 6.17. The molecule has 0 fully saturated rings. The van der Waals surface area contributed by atoms with Gasteiger partial charge < -0.3 is 14.8 Å². The number of hydrogen-bond acceptors (Lipinski definition) is 3. The third kappa shape index (κ3) is 6.49. The second kappa shape index (κ2) is 10.8. The van der Waals surface area contributed by atoms with Gasteiger partial charge in [0.2, 0.25) is 0 Å². The SMILES string of the molecule is CCCC(CCCl)CNCCOc1ccccc1OC. The molecular formula is C16H26ClNO2. The number of para-hydroxylation sites is 2. The van der Waals surface area contributed by atoms with E-state index >= 15 is 0 Å². The summed E-state index contributed by atoms with van der Waals surface area (Å²) in [4.78, 5) is 0. The van der Waals surface area contributed by atoms with Crippen LogP contribution in [0.15, 0.2) is 24.3 Å². The van der Waals surface area contributed by atoms with Crippen LogP contribution < -0.4 is 14.8 Å². The standard InChI is InChI=1S/C16H26ClNO2/c1-3-6-14(9-10-17)13-18-11-12-20-16-8-5-4-7-15(16)19-2/h4-5,7-8,14,18H,3,6,9-13H2,1-2H3. The topological polar surface area (TPSA) is 30.5 Å². The molecule has 114 valence electrons. The minimum absolute atomic E-state index is 0.639. The molecule has 0 aromatic heterocycles. The maximum atomic E-state index is 5.82. The van der Waals surface area contributed by atoms with E-state index in [-0.39, 0.29) is 0 Å². The lowest BCUT2D eigenvalue weighted by atomic mass is 10.0. The highest BCUT2D eigenvalue weighted by atomic mass is 35.5. The van der Waals surface area contributed by atoms with Gasteiger partial charge in [-0.25, -0.2) is 0 Å². The predicted molar refractivity (Wildman–Crippen MR) is 85.1 cm³/mol. The van der Waals surface area contributed by atoms with E-state index in [0.29, 0.717) is 12.5 Å². The van der Waals surface area contributed by atoms with Crippen molar-refractivity contribution in [3.8, 4) is 11.5 Å². The van der Waals surface area contributed by atoms with Gasteiger partial charge >= 0.3 is 0 Å². The second-order valence-corrected chi connectivity index (χ2v) is 5.21. The third-order valence-corrected chi connectivity index (χ3v) is 3.47. The van der Waals surface area contributed by atoms with Gasteiger partial charge in [-0.3, -0.25) is 0 Å². The van der Waals surface area contributed by atoms with Gasteiger partial charge in [-0.15, -0.1) is 11.6 Å². The van der Waals surface area contributed by atoms with Crippen LogP contribution >= 0.6 is 11.6 Å². The summed E-state index contributed by atoms with van der Waals surface area (Å²) >= 11 is 5.82. The third-order valence-electron chi connectivity index (χ3n) is 3.25. The van der Waals surface area contributed by atoms with Gasteiger partial charge in [-0.2, -0.15) is 0 Å². The maximum Gasteiger partial charge on any atom is 0.161 e. The van der Waals surface area contributed by atoms with Crippen molar-refractivity contribution >= 4 is 11.6 Å². The van der Waals surface area contributed by atoms with Crippen molar-refractivity contribution in [3.05, 3.63) is 24.3 Å². The maximum absolute atomic E-state index is 5.82. The van der Waals surface area contributed by atoms with Crippen molar-refractivity contribution in [1.82, 2.24) is 5.32 Å². The molecule has 0 amide bonds. The van der Waals surface area contributed by atoms with Crippen LogP contribution in [0, 0.1) is 5.92 Å². The van der Waals surface area contributed by atoms with E-state index in [4.69, 9.17) is 21.1 Å². The van der Waals surface area contributed by atoms with Gasteiger partial charge in [0.1, 0.15) is 6.61 Å². The number of benzene rings is 1. The average Bonchev–Trinajstić information content (AvgIpc) is 2.47. The number of nitrogens with one attached hydrogen (secondary N) is 1. The second-order valence-electron chi connectivity index (χ2n) is 4.84. The molecule has 0 saturated carbocycles. The predicted octanol–water partition coefficient (Wildman–Crippen LogP) is 3.71. The number of hydrogen-bond donors (Lipinski definition) is 1. The van der Waals surface area contributed by atoms with Crippen LogP contribution in [-0.4, -0.2) is 32.7 Å². The number of halogens is 1. The summed E-state index contributed by atoms with van der Waals surface area (Å²) in [6.07, 6.45) is 3.52. The Bertz CT molecular complexity index is 354. The van der Waals surface area contributed by atoms with Gasteiger partial charge in [0.15, 0.2) is 11.5 Å². The van der Waals surface area contributed by atoms with Crippen molar-refractivity contribution in [2.45, 2.75) is 26.2 Å². The van der Waals surface area contributed by atoms with E-state index in [2.05, 4.69) is 12.2 Å². The van der Waals surface area contributed by atoms with E-state index in [0.717, 1.165) is 36.9 Å². The summed E-state index contributed by atoms with van der Waals surface area (Å²) in [7, 11) is 1.65. The van der Waals surface area contributed by atoms with Crippen LogP contribution in [0.2, 0.25) is 0 Å². The van der Waals surface area contributed by atoms with Gasteiger partial charge in [0.05, 0.1) is 7.11 Å². The summed E-state index contributed by atoms with van der Waals surface area (Å²) in [6, 6.07) is 7.71. The Morgan fingerprint density at radius 1 is 1.20 bits per heavy atom. The van der Waals surface area contributed by atoms with Crippen molar-refractivity contribution in [1.29, 1.82) is 0 Å². The van der Waals surface area contributed by atoms with Crippen molar-refractivity contribution < 1.29 is 9.47 Å². The van der Waals surface area contributed by atoms with Crippen LogP contribution in [0.4, 0.5) is 0 Å². The summed E-state index contributed by atoms with van der Waals surface area (Å²) in [5.74, 6) is 2.98. The summed E-state index contributed by atoms with van der Waals surface area (Å²) in [5, 5.41) is 3.44. The lowest BCUT2D eigenvalue weighted by Gasteiger charge is -2.16. The summed E-state index contributed by atoms with van der Waals surface area (Å²) in [5.41, 5.74) is 0. The van der Waals surface area contributed by atoms with Crippen LogP contribution in [0.3, 0.4) is 0 Å². The molecule has 1 atom stereocenters. The number of rotatable bonds is 11. The first kappa shape index (κ1) is 17.1. The fourth-order valence-electron chi connectivity index (χ4n) is 2.19. The van der Waals surface area contributed by atoms with E-state index < -0.39 is 0 Å². The van der Waals surface area contributed by atoms with Crippen LogP contribution in [-0.2, 0) is 0 Å². The fraction of sp³-hybridized carbons (Fsp3) is 0.625. The van der Waals surface area contributed by atoms with Gasteiger partial charge in [-0.05, 0) is 37.4 Å². The normalized spacial score (nSPS) is 12.2. The Morgan fingerprint density at radius 3 is 2.60 bits per heavy atom. The molecular weight excluding hydrogens is 274 g/mol. The summed E-state index contributed by atoms with van der Waals surface area (Å²) in [6.45, 7) is 4.70. The fourth-order valence-corrected chi connectivity index (χ4v) is 2.50. The molecule has 1 unspecified atom stereocenters. The quantitative estimate of drug-likeness (QED) is 0.499. The van der Waals surface area contributed by atoms with E-state index in [1.54, 1.807) is 7.11 Å². The molecule has 0 aliphatic rings. The van der Waals surface area contributed by atoms with E-state index in [1.165, 1.54) is 12.8 Å². The monoisotopic (exact) mass is 299 g/mol. The zero-order valence-corrected chi connectivity index (χ0v) is 13.3. The molecule has 0 radical (unpaired) electrons. The Balaban J connectivity index is 2.21. The molecule has 0 aliphatic carbocycles. The first-order valence-electron chi connectivity index (χ1n) is 7.34. The van der Waals surface area contributed by atoms with Crippen LogP contribution in [0.25, 0.3) is 0 Å². The number of ether oxygens (including phenoxy) is 2. The molecule has 1 rings (SSSR count). The molecule has 0 heterocycles. The highest BCUT2D eigenvalue weighted by Crippen LogP contribution is 2.25. The molecule has 1 aromatic carbocycles. The van der Waals surface area contributed by atoms with Crippen LogP contribution in [0.5, 0.6) is 11.5 Å². The number of alkyl halides is 1. The Hall–Kier alpha value is -0.930. The molecule has 20 heavy (non-hydrogen) atoms. The average molecular weight is 300 g/mol. The molecule has 4 heteroatoms. The van der Waals surface area contributed by atoms with E-state index in [1.807, 2.05) is 24.3 Å². The smallest absolute Gasteiger partial charge is 0.161 e. The Labute approximate surface area is 127 Å². The zero-order chi connectivity index (χ0) is 14.6. The van der Waals surface area contributed by atoms with Crippen LogP contribution in [0.1, 0.15) is 26.2 Å². The Morgan fingerprint density at radius 2 is 1.95 bits per heavy atom. The minimum Gasteiger partial charge on any atom is -0.493 e. The molecule has 1 N–H and O–H groups in total. The molecule has 3 nitrogen and oxygen atoms in total. The summed E-state index contributed by atoms with van der Waals surface area (Å²) < 4.78 is 11.0. The highest BCUT2D eigenvalue weighted by Gasteiger charge is 2.06.